The molecule has 0 bridgehead atoms. The van der Waals surface area contributed by atoms with Gasteiger partial charge in [0.15, 0.2) is 5.75 Å². The maximum absolute atomic E-state index is 10.9. The van der Waals surface area contributed by atoms with Gasteiger partial charge in [0.1, 0.15) is 11.4 Å². The number of benzene rings is 2. The van der Waals surface area contributed by atoms with Gasteiger partial charge in [0.05, 0.1) is 5.69 Å². The Hall–Kier alpha value is -2.55. The second-order valence-electron chi connectivity index (χ2n) is 6.81. The Bertz CT molecular complexity index is 862. The molecule has 0 atom stereocenters. The van der Waals surface area contributed by atoms with Crippen LogP contribution in [-0.2, 0) is 6.42 Å². The number of hydrogen-bond acceptors (Lipinski definition) is 2. The maximum atomic E-state index is 10.9. The molecule has 1 heterocycles. The van der Waals surface area contributed by atoms with Crippen molar-refractivity contribution in [1.29, 1.82) is 0 Å². The minimum absolute atomic E-state index is 0.291. The van der Waals surface area contributed by atoms with Crippen LogP contribution in [0, 0.1) is 19.8 Å². The molecule has 24 heavy (non-hydrogen) atoms. The van der Waals surface area contributed by atoms with Crippen LogP contribution in [0.25, 0.3) is 16.9 Å². The topological polar surface area (TPSA) is 38.0 Å². The average molecular weight is 320 g/mol. The zero-order valence-electron chi connectivity index (χ0n) is 14.7. The van der Waals surface area contributed by atoms with Gasteiger partial charge in [-0.05, 0) is 49.4 Å². The third-order valence-electron chi connectivity index (χ3n) is 4.18. The Morgan fingerprint density at radius 3 is 2.46 bits per heavy atom. The van der Waals surface area contributed by atoms with Crippen LogP contribution in [0.1, 0.15) is 30.7 Å². The zero-order valence-corrected chi connectivity index (χ0v) is 14.7. The Morgan fingerprint density at radius 1 is 1.04 bits per heavy atom. The van der Waals surface area contributed by atoms with Gasteiger partial charge >= 0.3 is 0 Å². The fourth-order valence-corrected chi connectivity index (χ4v) is 3.01. The molecule has 0 amide bonds. The smallest absolute Gasteiger partial charge is 0.165 e. The van der Waals surface area contributed by atoms with Crippen molar-refractivity contribution in [3.8, 4) is 22.7 Å². The summed E-state index contributed by atoms with van der Waals surface area (Å²) >= 11 is 0. The van der Waals surface area contributed by atoms with E-state index in [1.54, 1.807) is 0 Å². The van der Waals surface area contributed by atoms with Crippen LogP contribution in [0.5, 0.6) is 5.75 Å². The highest BCUT2D eigenvalue weighted by molar-refractivity contribution is 5.72. The lowest BCUT2D eigenvalue weighted by molar-refractivity contribution is 0.464. The number of aryl methyl sites for hydroxylation is 2. The number of aromatic nitrogens is 2. The first kappa shape index (κ1) is 16.3. The summed E-state index contributed by atoms with van der Waals surface area (Å²) in [6.07, 6.45) is 0.754. The molecule has 3 aromatic rings. The van der Waals surface area contributed by atoms with Crippen LogP contribution < -0.4 is 0 Å². The van der Waals surface area contributed by atoms with E-state index in [1.807, 2.05) is 35.0 Å². The van der Waals surface area contributed by atoms with Crippen molar-refractivity contribution < 1.29 is 5.11 Å². The molecule has 1 aromatic heterocycles. The summed E-state index contributed by atoms with van der Waals surface area (Å²) in [5.74, 6) is 0.723. The van der Waals surface area contributed by atoms with Gasteiger partial charge in [-0.25, -0.2) is 4.68 Å². The van der Waals surface area contributed by atoms with Crippen LogP contribution in [0.4, 0.5) is 0 Å². The molecule has 0 saturated carbocycles. The van der Waals surface area contributed by atoms with Crippen molar-refractivity contribution >= 4 is 0 Å². The normalized spacial score (nSPS) is 11.2. The Morgan fingerprint density at radius 2 is 1.79 bits per heavy atom. The quantitative estimate of drug-likeness (QED) is 0.729. The monoisotopic (exact) mass is 320 g/mol. The van der Waals surface area contributed by atoms with Crippen LogP contribution >= 0.6 is 0 Å². The summed E-state index contributed by atoms with van der Waals surface area (Å²) in [4.78, 5) is 0. The Labute approximate surface area is 143 Å². The van der Waals surface area contributed by atoms with E-state index in [-0.39, 0.29) is 0 Å². The molecule has 124 valence electrons. The number of nitrogens with zero attached hydrogens (tertiary/aromatic N) is 2. The Kier molecular flexibility index (Phi) is 4.43. The summed E-state index contributed by atoms with van der Waals surface area (Å²) in [5, 5.41) is 15.6. The molecule has 0 aliphatic rings. The van der Waals surface area contributed by atoms with Crippen LogP contribution in [-0.4, -0.2) is 14.9 Å². The molecule has 0 saturated heterocycles. The predicted octanol–water partition coefficient (Wildman–Crippen LogP) is 5.06. The van der Waals surface area contributed by atoms with Crippen LogP contribution in [0.2, 0.25) is 0 Å². The van der Waals surface area contributed by atoms with Gasteiger partial charge in [-0.2, -0.15) is 5.10 Å². The predicted molar refractivity (Wildman–Crippen MR) is 98.7 cm³/mol. The van der Waals surface area contributed by atoms with Gasteiger partial charge in [-0.15, -0.1) is 0 Å². The van der Waals surface area contributed by atoms with Crippen LogP contribution in [0.15, 0.2) is 48.5 Å². The highest BCUT2D eigenvalue weighted by Gasteiger charge is 2.21. The van der Waals surface area contributed by atoms with E-state index in [0.29, 0.717) is 11.7 Å². The first-order chi connectivity index (χ1) is 11.5. The second-order valence-corrected chi connectivity index (χ2v) is 6.81. The maximum Gasteiger partial charge on any atom is 0.165 e. The first-order valence-electron chi connectivity index (χ1n) is 8.41. The SMILES string of the molecule is Cc1cccc(-n2nc(CC(C)C)c(O)c2-c2ccccc2C)c1. The average Bonchev–Trinajstić information content (AvgIpc) is 2.84. The van der Waals surface area contributed by atoms with E-state index < -0.39 is 0 Å². The highest BCUT2D eigenvalue weighted by Crippen LogP contribution is 2.37. The summed E-state index contributed by atoms with van der Waals surface area (Å²) in [6, 6.07) is 16.3. The molecule has 0 fully saturated rings. The lowest BCUT2D eigenvalue weighted by Gasteiger charge is -2.10. The third kappa shape index (κ3) is 3.07. The number of rotatable bonds is 4. The van der Waals surface area contributed by atoms with Crippen molar-refractivity contribution in [2.24, 2.45) is 5.92 Å². The molecule has 3 heteroatoms. The van der Waals surface area contributed by atoms with E-state index in [1.165, 1.54) is 5.56 Å². The lowest BCUT2D eigenvalue weighted by Crippen LogP contribution is -2.01. The van der Waals surface area contributed by atoms with Gasteiger partial charge in [-0.1, -0.05) is 50.2 Å². The molecular formula is C21H24N2O. The van der Waals surface area contributed by atoms with Gasteiger partial charge in [0.2, 0.25) is 0 Å². The van der Waals surface area contributed by atoms with Crippen molar-refractivity contribution in [3.05, 3.63) is 65.4 Å². The molecule has 3 rings (SSSR count). The van der Waals surface area contributed by atoms with Gasteiger partial charge < -0.3 is 5.11 Å². The summed E-state index contributed by atoms with van der Waals surface area (Å²) in [7, 11) is 0. The molecule has 0 unspecified atom stereocenters. The van der Waals surface area contributed by atoms with E-state index in [9.17, 15) is 5.11 Å². The minimum atomic E-state index is 0.291. The fraction of sp³-hybridized carbons (Fsp3) is 0.286. The second kappa shape index (κ2) is 6.52. The fourth-order valence-electron chi connectivity index (χ4n) is 3.01. The van der Waals surface area contributed by atoms with E-state index >= 15 is 0 Å². The molecule has 0 radical (unpaired) electrons. The summed E-state index contributed by atoms with van der Waals surface area (Å²) in [5.41, 5.74) is 5.80. The minimum Gasteiger partial charge on any atom is -0.504 e. The Balaban J connectivity index is 2.26. The molecule has 0 aliphatic heterocycles. The van der Waals surface area contributed by atoms with Crippen LogP contribution in [0.3, 0.4) is 0 Å². The van der Waals surface area contributed by atoms with E-state index in [2.05, 4.69) is 45.9 Å². The van der Waals surface area contributed by atoms with Crippen molar-refractivity contribution in [2.75, 3.05) is 0 Å². The van der Waals surface area contributed by atoms with Crippen molar-refractivity contribution in [2.45, 2.75) is 34.1 Å². The van der Waals surface area contributed by atoms with E-state index in [4.69, 9.17) is 5.10 Å². The highest BCUT2D eigenvalue weighted by atomic mass is 16.3. The van der Waals surface area contributed by atoms with Crippen molar-refractivity contribution in [1.82, 2.24) is 9.78 Å². The number of aromatic hydroxyl groups is 1. The van der Waals surface area contributed by atoms with Gasteiger partial charge in [0.25, 0.3) is 0 Å². The molecule has 0 aliphatic carbocycles. The van der Waals surface area contributed by atoms with Gasteiger partial charge in [0, 0.05) is 5.56 Å². The van der Waals surface area contributed by atoms with Gasteiger partial charge in [-0.3, -0.25) is 0 Å². The molecule has 2 aromatic carbocycles. The lowest BCUT2D eigenvalue weighted by atomic mass is 10.0. The summed E-state index contributed by atoms with van der Waals surface area (Å²) in [6.45, 7) is 8.40. The van der Waals surface area contributed by atoms with E-state index in [0.717, 1.165) is 34.6 Å². The third-order valence-corrected chi connectivity index (χ3v) is 4.18. The standard InChI is InChI=1S/C21H24N2O/c1-14(2)12-19-21(24)20(18-11-6-5-9-16(18)4)23(22-19)17-10-7-8-15(3)13-17/h5-11,13-14,24H,12H2,1-4H3. The van der Waals surface area contributed by atoms with Crippen molar-refractivity contribution in [3.63, 3.8) is 0 Å². The number of hydrogen-bond donors (Lipinski definition) is 1. The molecule has 3 nitrogen and oxygen atoms in total. The molecular weight excluding hydrogens is 296 g/mol. The largest absolute Gasteiger partial charge is 0.504 e. The molecule has 1 N–H and O–H groups in total. The summed E-state index contributed by atoms with van der Waals surface area (Å²) < 4.78 is 1.88. The first-order valence-corrected chi connectivity index (χ1v) is 8.41. The zero-order chi connectivity index (χ0) is 17.3. The molecule has 0 spiro atoms.